The Kier molecular flexibility index (Phi) is 9.84. The van der Waals surface area contributed by atoms with Crippen LogP contribution in [-0.4, -0.2) is 54.5 Å². The number of aliphatic hydroxyl groups excluding tert-OH is 1. The zero-order chi connectivity index (χ0) is 32.6. The van der Waals surface area contributed by atoms with E-state index in [1.54, 1.807) is 0 Å². The third kappa shape index (κ3) is 6.73. The van der Waals surface area contributed by atoms with E-state index in [0.29, 0.717) is 5.92 Å². The molecule has 7 heteroatoms. The molecule has 0 radical (unpaired) electrons. The van der Waals surface area contributed by atoms with Gasteiger partial charge in [-0.1, -0.05) is 68.9 Å². The second kappa shape index (κ2) is 11.3. The molecule has 0 heterocycles. The number of hydrogen-bond acceptors (Lipinski definition) is 4. The summed E-state index contributed by atoms with van der Waals surface area (Å²) in [5.41, 5.74) is 3.57. The summed E-state index contributed by atoms with van der Waals surface area (Å²) in [5, 5.41) is 11.4. The number of fused-ring (bicyclic) bond motifs is 3. The maximum absolute atomic E-state index is 11.2. The molecule has 2 fully saturated rings. The zero-order valence-corrected chi connectivity index (χ0v) is 33.7. The Morgan fingerprint density at radius 1 is 0.810 bits per heavy atom. The van der Waals surface area contributed by atoms with Gasteiger partial charge >= 0.3 is 0 Å². The van der Waals surface area contributed by atoms with E-state index in [4.69, 9.17) is 13.3 Å². The minimum atomic E-state index is -2.22. The summed E-state index contributed by atoms with van der Waals surface area (Å²) >= 11 is 0. The Labute approximate surface area is 263 Å². The lowest BCUT2D eigenvalue weighted by Crippen LogP contribution is -2.63. The van der Waals surface area contributed by atoms with Gasteiger partial charge in [-0.3, -0.25) is 0 Å². The molecule has 7 atom stereocenters. The fourth-order valence-corrected chi connectivity index (χ4v) is 11.2. The van der Waals surface area contributed by atoms with Gasteiger partial charge in [0.05, 0.1) is 24.4 Å². The molecule has 3 aliphatic rings. The molecule has 42 heavy (non-hydrogen) atoms. The van der Waals surface area contributed by atoms with Crippen LogP contribution >= 0.6 is 0 Å². The van der Waals surface area contributed by atoms with Crippen molar-refractivity contribution in [2.45, 2.75) is 175 Å². The van der Waals surface area contributed by atoms with Crippen molar-refractivity contribution in [3.05, 3.63) is 23.3 Å². The second-order valence-electron chi connectivity index (χ2n) is 19.0. The second-order valence-corrected chi connectivity index (χ2v) is 33.0. The van der Waals surface area contributed by atoms with Crippen LogP contribution < -0.4 is 0 Å². The molecule has 2 bridgehead atoms. The molecule has 0 aromatic rings. The van der Waals surface area contributed by atoms with Gasteiger partial charge in [0.2, 0.25) is 0 Å². The minimum absolute atomic E-state index is 0.0649. The van der Waals surface area contributed by atoms with Crippen molar-refractivity contribution in [3.8, 4) is 0 Å². The summed E-state index contributed by atoms with van der Waals surface area (Å²) < 4.78 is 22.4. The third-order valence-corrected chi connectivity index (χ3v) is 22.3. The van der Waals surface area contributed by atoms with Crippen molar-refractivity contribution in [1.82, 2.24) is 0 Å². The van der Waals surface area contributed by atoms with Gasteiger partial charge in [0.1, 0.15) is 0 Å². The first-order chi connectivity index (χ1) is 18.6. The lowest BCUT2D eigenvalue weighted by Gasteiger charge is -2.61. The van der Waals surface area contributed by atoms with Crippen LogP contribution in [0.15, 0.2) is 23.3 Å². The molecule has 2 saturated carbocycles. The van der Waals surface area contributed by atoms with E-state index >= 15 is 0 Å². The molecule has 1 N–H and O–H groups in total. The molecule has 3 rings (SSSR count). The molecule has 4 nitrogen and oxygen atoms in total. The van der Waals surface area contributed by atoms with Gasteiger partial charge in [0.15, 0.2) is 25.0 Å². The third-order valence-electron chi connectivity index (χ3n) is 12.4. The van der Waals surface area contributed by atoms with E-state index in [1.807, 2.05) is 0 Å². The Hall–Kier alpha value is -0.0294. The zero-order valence-electron chi connectivity index (χ0n) is 30.7. The standard InChI is InChI=1S/C35H68O4Si3/c1-23-26-21-25-22-28(37-41(15,16)32(3,4)5)24(2)29(34(25,9)10)30(38-42(17,18)33(6,7)8)31(39-40(12,13)14)35(26,11)20-19-27(23)36/h25-28,30-31,36H,1,19-22H2,2-18H3/t25-,26-,27+,28+,30-,31+,35-/m1/s1. The summed E-state index contributed by atoms with van der Waals surface area (Å²) in [5.74, 6) is 0.571. The molecule has 0 aromatic carbocycles. The van der Waals surface area contributed by atoms with Gasteiger partial charge in [-0.2, -0.15) is 0 Å². The number of hydrogen-bond donors (Lipinski definition) is 1. The highest BCUT2D eigenvalue weighted by atomic mass is 28.4. The first-order valence-electron chi connectivity index (χ1n) is 16.7. The molecular formula is C35H68O4Si3. The fourth-order valence-electron chi connectivity index (χ4n) is 7.48. The van der Waals surface area contributed by atoms with Gasteiger partial charge in [-0.15, -0.1) is 0 Å². The Morgan fingerprint density at radius 2 is 1.31 bits per heavy atom. The van der Waals surface area contributed by atoms with Crippen molar-refractivity contribution in [2.75, 3.05) is 0 Å². The molecule has 3 aliphatic carbocycles. The van der Waals surface area contributed by atoms with Crippen LogP contribution in [0.1, 0.15) is 94.9 Å². The monoisotopic (exact) mass is 636 g/mol. The predicted octanol–water partition coefficient (Wildman–Crippen LogP) is 10.1. The van der Waals surface area contributed by atoms with Crippen LogP contribution in [0.2, 0.25) is 55.9 Å². The largest absolute Gasteiger partial charge is 0.411 e. The first kappa shape index (κ1) is 36.4. The summed E-state index contributed by atoms with van der Waals surface area (Å²) in [6.07, 6.45) is 3.05. The van der Waals surface area contributed by atoms with Crippen molar-refractivity contribution >= 4 is 25.0 Å². The van der Waals surface area contributed by atoms with Crippen LogP contribution in [-0.2, 0) is 13.3 Å². The molecule has 0 spiro atoms. The smallest absolute Gasteiger partial charge is 0.193 e. The summed E-state index contributed by atoms with van der Waals surface area (Å²) in [6.45, 7) is 44.9. The van der Waals surface area contributed by atoms with Gasteiger partial charge in [0, 0.05) is 5.41 Å². The van der Waals surface area contributed by atoms with Crippen molar-refractivity contribution < 1.29 is 18.4 Å². The SMILES string of the molecule is C=C1[C@H]2C[C@@H]3C[C@H](O[Si](C)(C)C(C)(C)C)C(C)=C([C@@H](O[Si](C)(C)C(C)(C)C)[C@H](O[Si](C)(C)C)[C@]2(C)CC[C@@H]1O)C3(C)C. The van der Waals surface area contributed by atoms with E-state index < -0.39 is 31.1 Å². The number of rotatable bonds is 6. The highest BCUT2D eigenvalue weighted by molar-refractivity contribution is 6.74. The first-order valence-corrected chi connectivity index (χ1v) is 25.9. The number of aliphatic hydroxyl groups is 1. The van der Waals surface area contributed by atoms with Gasteiger partial charge in [0.25, 0.3) is 0 Å². The van der Waals surface area contributed by atoms with Crippen molar-refractivity contribution in [2.24, 2.45) is 22.7 Å². The van der Waals surface area contributed by atoms with Gasteiger partial charge in [-0.25, -0.2) is 0 Å². The van der Waals surface area contributed by atoms with Crippen LogP contribution in [0.3, 0.4) is 0 Å². The lowest BCUT2D eigenvalue weighted by molar-refractivity contribution is -0.102. The quantitative estimate of drug-likeness (QED) is 0.233. The molecule has 0 saturated heterocycles. The highest BCUT2D eigenvalue weighted by Gasteiger charge is 2.60. The molecule has 0 aliphatic heterocycles. The van der Waals surface area contributed by atoms with E-state index in [9.17, 15) is 5.11 Å². The Balaban J connectivity index is 2.39. The van der Waals surface area contributed by atoms with Crippen LogP contribution in [0, 0.1) is 22.7 Å². The van der Waals surface area contributed by atoms with Crippen LogP contribution in [0.5, 0.6) is 0 Å². The average Bonchev–Trinajstić information content (AvgIpc) is 2.77. The Bertz CT molecular complexity index is 1060. The highest BCUT2D eigenvalue weighted by Crippen LogP contribution is 2.61. The summed E-state index contributed by atoms with van der Waals surface area (Å²) in [4.78, 5) is 0. The topological polar surface area (TPSA) is 47.9 Å². The van der Waals surface area contributed by atoms with Crippen LogP contribution in [0.4, 0.5) is 0 Å². The Morgan fingerprint density at radius 3 is 1.79 bits per heavy atom. The lowest BCUT2D eigenvalue weighted by atomic mass is 9.50. The normalized spacial score (nSPS) is 35.0. The molecule has 244 valence electrons. The van der Waals surface area contributed by atoms with E-state index in [1.165, 1.54) is 11.1 Å². The van der Waals surface area contributed by atoms with Crippen LogP contribution in [0.25, 0.3) is 0 Å². The maximum atomic E-state index is 11.2. The summed E-state index contributed by atoms with van der Waals surface area (Å²) in [6, 6.07) is 0. The van der Waals surface area contributed by atoms with Gasteiger partial charge in [-0.05, 0) is 122 Å². The molecular weight excluding hydrogens is 569 g/mol. The molecule has 0 unspecified atom stereocenters. The maximum Gasteiger partial charge on any atom is 0.193 e. The fraction of sp³-hybridized carbons (Fsp3) is 0.886. The van der Waals surface area contributed by atoms with Crippen molar-refractivity contribution in [3.63, 3.8) is 0 Å². The molecule has 0 aromatic heterocycles. The van der Waals surface area contributed by atoms with E-state index in [2.05, 4.69) is 122 Å². The van der Waals surface area contributed by atoms with Crippen molar-refractivity contribution in [1.29, 1.82) is 0 Å². The van der Waals surface area contributed by atoms with Gasteiger partial charge < -0.3 is 18.4 Å². The van der Waals surface area contributed by atoms with E-state index in [0.717, 1.165) is 31.3 Å². The average molecular weight is 637 g/mol. The molecule has 0 amide bonds. The minimum Gasteiger partial charge on any atom is -0.411 e. The van der Waals surface area contributed by atoms with E-state index in [-0.39, 0.29) is 45.1 Å². The summed E-state index contributed by atoms with van der Waals surface area (Å²) in [7, 11) is -6.25. The predicted molar refractivity (Wildman–Crippen MR) is 188 cm³/mol.